The summed E-state index contributed by atoms with van der Waals surface area (Å²) in [5.41, 5.74) is 4.37. The van der Waals surface area contributed by atoms with E-state index in [0.29, 0.717) is 34.1 Å². The second kappa shape index (κ2) is 13.4. The number of nitrogens with zero attached hydrogens (tertiary/aromatic N) is 3. The molecule has 0 unspecified atom stereocenters. The number of ether oxygens (including phenoxy) is 2. The van der Waals surface area contributed by atoms with Crippen molar-refractivity contribution in [3.05, 3.63) is 88.7 Å². The SMILES string of the molecule is CCCCCOc1ccc(/C=N\NC(=O)CSc2nc3ccccc3c(=O)n2-c2ccc(OC)cc2)cc1. The van der Waals surface area contributed by atoms with Crippen molar-refractivity contribution in [1.29, 1.82) is 0 Å². The smallest absolute Gasteiger partial charge is 0.266 e. The summed E-state index contributed by atoms with van der Waals surface area (Å²) >= 11 is 1.17. The molecule has 0 saturated carbocycles. The van der Waals surface area contributed by atoms with Crippen LogP contribution in [0.1, 0.15) is 31.7 Å². The van der Waals surface area contributed by atoms with Crippen LogP contribution in [0.3, 0.4) is 0 Å². The van der Waals surface area contributed by atoms with Gasteiger partial charge in [0.25, 0.3) is 11.5 Å². The average molecular weight is 531 g/mol. The van der Waals surface area contributed by atoms with Crippen LogP contribution in [0.5, 0.6) is 11.5 Å². The highest BCUT2D eigenvalue weighted by molar-refractivity contribution is 7.99. The molecule has 1 amide bonds. The van der Waals surface area contributed by atoms with Gasteiger partial charge in [0.05, 0.1) is 42.3 Å². The molecule has 1 aromatic heterocycles. The van der Waals surface area contributed by atoms with Gasteiger partial charge in [0.2, 0.25) is 0 Å². The Kier molecular flexibility index (Phi) is 9.53. The van der Waals surface area contributed by atoms with Crippen molar-refractivity contribution in [3.63, 3.8) is 0 Å². The molecule has 0 spiro atoms. The van der Waals surface area contributed by atoms with Crippen LogP contribution in [0.25, 0.3) is 16.6 Å². The lowest BCUT2D eigenvalue weighted by Gasteiger charge is -2.13. The van der Waals surface area contributed by atoms with Gasteiger partial charge in [0, 0.05) is 0 Å². The van der Waals surface area contributed by atoms with Crippen LogP contribution in [0, 0.1) is 0 Å². The van der Waals surface area contributed by atoms with E-state index < -0.39 is 0 Å². The molecule has 1 N–H and O–H groups in total. The van der Waals surface area contributed by atoms with Crippen LogP contribution in [0.2, 0.25) is 0 Å². The number of rotatable bonds is 12. The number of hydrogen-bond acceptors (Lipinski definition) is 7. The number of amides is 1. The van der Waals surface area contributed by atoms with Crippen molar-refractivity contribution >= 4 is 34.8 Å². The van der Waals surface area contributed by atoms with Crippen molar-refractivity contribution < 1.29 is 14.3 Å². The first-order valence-electron chi connectivity index (χ1n) is 12.4. The van der Waals surface area contributed by atoms with Gasteiger partial charge in [-0.05, 0) is 72.6 Å². The minimum atomic E-state index is -0.314. The molecule has 9 heteroatoms. The fraction of sp³-hybridized carbons (Fsp3) is 0.241. The van der Waals surface area contributed by atoms with Crippen molar-refractivity contribution in [2.75, 3.05) is 19.5 Å². The Labute approximate surface area is 225 Å². The lowest BCUT2D eigenvalue weighted by Crippen LogP contribution is -2.24. The minimum Gasteiger partial charge on any atom is -0.497 e. The number of carbonyl (C=O) groups excluding carboxylic acids is 1. The molecule has 0 aliphatic heterocycles. The lowest BCUT2D eigenvalue weighted by atomic mass is 10.2. The third-order valence-electron chi connectivity index (χ3n) is 5.71. The minimum absolute atomic E-state index is 0.0306. The van der Waals surface area contributed by atoms with E-state index in [2.05, 4.69) is 22.4 Å². The van der Waals surface area contributed by atoms with Gasteiger partial charge in [-0.15, -0.1) is 0 Å². The molecule has 0 aliphatic carbocycles. The number of benzene rings is 3. The zero-order valence-electron chi connectivity index (χ0n) is 21.4. The van der Waals surface area contributed by atoms with E-state index in [1.54, 1.807) is 55.8 Å². The molecule has 4 rings (SSSR count). The maximum Gasteiger partial charge on any atom is 0.266 e. The molecule has 1 heterocycles. The Balaban J connectivity index is 1.41. The van der Waals surface area contributed by atoms with Crippen molar-refractivity contribution in [2.24, 2.45) is 5.10 Å². The Hall–Kier alpha value is -4.11. The number of methoxy groups -OCH3 is 1. The van der Waals surface area contributed by atoms with Crippen LogP contribution in [0.15, 0.2) is 87.8 Å². The van der Waals surface area contributed by atoms with Crippen molar-refractivity contribution in [2.45, 2.75) is 31.3 Å². The van der Waals surface area contributed by atoms with Gasteiger partial charge in [0.1, 0.15) is 11.5 Å². The molecule has 0 radical (unpaired) electrons. The molecular weight excluding hydrogens is 500 g/mol. The first kappa shape index (κ1) is 26.9. The standard InChI is InChI=1S/C29H30N4O4S/c1-3-4-7-18-37-24-14-10-21(11-15-24)19-30-32-27(34)20-38-29-31-26-9-6-5-8-25(26)28(35)33(29)22-12-16-23(36-2)17-13-22/h5-6,8-17,19H,3-4,7,18,20H2,1-2H3,(H,32,34)/b30-19-. The number of thioether (sulfide) groups is 1. The molecule has 38 heavy (non-hydrogen) atoms. The lowest BCUT2D eigenvalue weighted by molar-refractivity contribution is -0.118. The molecule has 4 aromatic rings. The summed E-state index contributed by atoms with van der Waals surface area (Å²) in [5, 5.41) is 4.96. The largest absolute Gasteiger partial charge is 0.497 e. The molecule has 0 saturated heterocycles. The molecule has 196 valence electrons. The average Bonchev–Trinajstić information content (AvgIpc) is 2.95. The van der Waals surface area contributed by atoms with Crippen LogP contribution in [-0.2, 0) is 4.79 Å². The number of carbonyl (C=O) groups is 1. The van der Waals surface area contributed by atoms with E-state index >= 15 is 0 Å². The number of hydrogen-bond donors (Lipinski definition) is 1. The van der Waals surface area contributed by atoms with E-state index in [1.165, 1.54) is 16.3 Å². The number of aromatic nitrogens is 2. The summed E-state index contributed by atoms with van der Waals surface area (Å²) in [6, 6.07) is 21.8. The van der Waals surface area contributed by atoms with Gasteiger partial charge in [-0.3, -0.25) is 14.2 Å². The Morgan fingerprint density at radius 3 is 2.50 bits per heavy atom. The molecule has 0 atom stereocenters. The predicted molar refractivity (Wildman–Crippen MR) is 152 cm³/mol. The Bertz CT molecular complexity index is 1450. The van der Waals surface area contributed by atoms with Gasteiger partial charge >= 0.3 is 0 Å². The van der Waals surface area contributed by atoms with Crippen LogP contribution < -0.4 is 20.5 Å². The highest BCUT2D eigenvalue weighted by atomic mass is 32.2. The maximum atomic E-state index is 13.3. The zero-order valence-corrected chi connectivity index (χ0v) is 22.2. The Morgan fingerprint density at radius 2 is 1.76 bits per heavy atom. The molecular formula is C29H30N4O4S. The van der Waals surface area contributed by atoms with E-state index in [4.69, 9.17) is 9.47 Å². The number of fused-ring (bicyclic) bond motifs is 1. The second-order valence-corrected chi connectivity index (χ2v) is 9.40. The first-order chi connectivity index (χ1) is 18.6. The number of nitrogens with one attached hydrogen (secondary N) is 1. The summed E-state index contributed by atoms with van der Waals surface area (Å²) in [7, 11) is 1.58. The van der Waals surface area contributed by atoms with Crippen LogP contribution in [0.4, 0.5) is 0 Å². The third-order valence-corrected chi connectivity index (χ3v) is 6.65. The highest BCUT2D eigenvalue weighted by Gasteiger charge is 2.15. The van der Waals surface area contributed by atoms with E-state index in [-0.39, 0.29) is 17.2 Å². The van der Waals surface area contributed by atoms with Gasteiger partial charge in [-0.25, -0.2) is 10.4 Å². The van der Waals surface area contributed by atoms with E-state index in [9.17, 15) is 9.59 Å². The number of unbranched alkanes of at least 4 members (excludes halogenated alkanes) is 2. The summed E-state index contributed by atoms with van der Waals surface area (Å²) in [4.78, 5) is 30.5. The normalized spacial score (nSPS) is 11.1. The van der Waals surface area contributed by atoms with Gasteiger partial charge in [0.15, 0.2) is 5.16 Å². The topological polar surface area (TPSA) is 94.8 Å². The molecule has 8 nitrogen and oxygen atoms in total. The van der Waals surface area contributed by atoms with E-state index in [0.717, 1.165) is 30.6 Å². The van der Waals surface area contributed by atoms with Gasteiger partial charge in [-0.2, -0.15) is 5.10 Å². The van der Waals surface area contributed by atoms with Crippen LogP contribution in [-0.4, -0.2) is 41.1 Å². The number of para-hydroxylation sites is 1. The quantitative estimate of drug-likeness (QED) is 0.0889. The summed E-state index contributed by atoms with van der Waals surface area (Å²) < 4.78 is 12.5. The van der Waals surface area contributed by atoms with Gasteiger partial charge < -0.3 is 9.47 Å². The van der Waals surface area contributed by atoms with Crippen LogP contribution >= 0.6 is 11.8 Å². The second-order valence-electron chi connectivity index (χ2n) is 8.46. The summed E-state index contributed by atoms with van der Waals surface area (Å²) in [5.74, 6) is 1.20. The van der Waals surface area contributed by atoms with Crippen molar-refractivity contribution in [3.8, 4) is 17.2 Å². The fourth-order valence-corrected chi connectivity index (χ4v) is 4.51. The fourth-order valence-electron chi connectivity index (χ4n) is 3.70. The predicted octanol–water partition coefficient (Wildman–Crippen LogP) is 5.21. The highest BCUT2D eigenvalue weighted by Crippen LogP contribution is 2.22. The Morgan fingerprint density at radius 1 is 1.03 bits per heavy atom. The number of hydrazone groups is 1. The summed E-state index contributed by atoms with van der Waals surface area (Å²) in [6.07, 6.45) is 4.92. The maximum absolute atomic E-state index is 13.3. The van der Waals surface area contributed by atoms with E-state index in [1.807, 2.05) is 30.3 Å². The molecule has 0 bridgehead atoms. The molecule has 0 fully saturated rings. The summed E-state index contributed by atoms with van der Waals surface area (Å²) in [6.45, 7) is 2.86. The van der Waals surface area contributed by atoms with Crippen molar-refractivity contribution in [1.82, 2.24) is 15.0 Å². The first-order valence-corrected chi connectivity index (χ1v) is 13.4. The molecule has 0 aliphatic rings. The molecule has 3 aromatic carbocycles. The van der Waals surface area contributed by atoms with Gasteiger partial charge in [-0.1, -0.05) is 43.7 Å². The third kappa shape index (κ3) is 7.01. The zero-order chi connectivity index (χ0) is 26.7. The monoisotopic (exact) mass is 530 g/mol.